The van der Waals surface area contributed by atoms with Crippen LogP contribution in [0.1, 0.15) is 44.9 Å². The van der Waals surface area contributed by atoms with E-state index in [1.807, 2.05) is 13.0 Å². The molecule has 1 atom stereocenters. The fraction of sp³-hybridized carbons (Fsp3) is 0.455. The van der Waals surface area contributed by atoms with E-state index in [4.69, 9.17) is 25.8 Å². The van der Waals surface area contributed by atoms with Crippen molar-refractivity contribution in [3.63, 3.8) is 0 Å². The maximum atomic E-state index is 11.3. The molecule has 0 aliphatic rings. The molecule has 0 spiro atoms. The summed E-state index contributed by atoms with van der Waals surface area (Å²) in [5.74, 6) is 1.64. The Balaban J connectivity index is 2.59. The first-order chi connectivity index (χ1) is 13.2. The molecule has 0 saturated carbocycles. The lowest BCUT2D eigenvalue weighted by molar-refractivity contribution is 0.213. The van der Waals surface area contributed by atoms with E-state index >= 15 is 0 Å². The Morgan fingerprint density at radius 2 is 1.79 bits per heavy atom. The molecule has 0 aliphatic carbocycles. The van der Waals surface area contributed by atoms with E-state index in [1.165, 1.54) is 0 Å². The van der Waals surface area contributed by atoms with Gasteiger partial charge >= 0.3 is 0 Å². The second kappa shape index (κ2) is 9.39. The summed E-state index contributed by atoms with van der Waals surface area (Å²) in [5.41, 5.74) is 1.97. The maximum Gasteiger partial charge on any atom is 0.166 e. The molecule has 2 aromatic rings. The fourth-order valence-corrected chi connectivity index (χ4v) is 3.14. The van der Waals surface area contributed by atoms with Gasteiger partial charge in [-0.1, -0.05) is 44.5 Å². The van der Waals surface area contributed by atoms with E-state index in [0.29, 0.717) is 46.5 Å². The van der Waals surface area contributed by atoms with Crippen LogP contribution in [0, 0.1) is 5.41 Å². The van der Waals surface area contributed by atoms with Crippen molar-refractivity contribution < 1.29 is 19.3 Å². The van der Waals surface area contributed by atoms with E-state index in [-0.39, 0.29) is 5.41 Å². The lowest BCUT2D eigenvalue weighted by atomic mass is 9.95. The van der Waals surface area contributed by atoms with Crippen LogP contribution >= 0.6 is 11.6 Å². The van der Waals surface area contributed by atoms with Crippen molar-refractivity contribution in [2.75, 3.05) is 32.7 Å². The number of hydrogen-bond acceptors (Lipinski definition) is 5. The highest BCUT2D eigenvalue weighted by atomic mass is 35.5. The summed E-state index contributed by atoms with van der Waals surface area (Å²) in [6.07, 6.45) is -0.981. The second-order valence-electron chi connectivity index (χ2n) is 7.70. The minimum Gasteiger partial charge on any atom is -0.493 e. The Bertz CT molecular complexity index is 802. The molecule has 0 aliphatic heterocycles. The van der Waals surface area contributed by atoms with Crippen LogP contribution in [0.5, 0.6) is 17.2 Å². The first-order valence-corrected chi connectivity index (χ1v) is 9.68. The summed E-state index contributed by atoms with van der Waals surface area (Å²) in [6.45, 7) is 9.51. The zero-order valence-corrected chi connectivity index (χ0v) is 18.2. The molecule has 0 saturated heterocycles. The largest absolute Gasteiger partial charge is 0.493 e. The summed E-state index contributed by atoms with van der Waals surface area (Å²) in [7, 11) is 3.12. The zero-order chi connectivity index (χ0) is 20.9. The molecular formula is C22H30ClNO4. The lowest BCUT2D eigenvalue weighted by Gasteiger charge is -2.25. The molecular weight excluding hydrogens is 378 g/mol. The molecule has 0 bridgehead atoms. The van der Waals surface area contributed by atoms with Gasteiger partial charge in [0.15, 0.2) is 11.5 Å². The number of aliphatic hydroxyl groups excluding tert-OH is 1. The first kappa shape index (κ1) is 22.2. The molecule has 0 aromatic heterocycles. The van der Waals surface area contributed by atoms with Gasteiger partial charge in [0.1, 0.15) is 11.9 Å². The molecule has 0 radical (unpaired) electrons. The molecule has 2 aromatic carbocycles. The number of nitrogens with one attached hydrogen (secondary N) is 1. The molecule has 154 valence electrons. The summed E-state index contributed by atoms with van der Waals surface area (Å²) in [4.78, 5) is 0. The smallest absolute Gasteiger partial charge is 0.166 e. The number of ether oxygens (including phenoxy) is 3. The fourth-order valence-electron chi connectivity index (χ4n) is 2.92. The van der Waals surface area contributed by atoms with E-state index < -0.39 is 6.10 Å². The minimum absolute atomic E-state index is 0.0407. The van der Waals surface area contributed by atoms with Crippen LogP contribution in [0.2, 0.25) is 5.02 Å². The van der Waals surface area contributed by atoms with Crippen LogP contribution in [0.4, 0.5) is 5.69 Å². The second-order valence-corrected chi connectivity index (χ2v) is 8.14. The predicted octanol–water partition coefficient (Wildman–Crippen LogP) is 5.30. The molecule has 0 unspecified atom stereocenters. The molecule has 0 amide bonds. The van der Waals surface area contributed by atoms with Crippen LogP contribution < -0.4 is 19.5 Å². The molecule has 2 rings (SSSR count). The number of para-hydroxylation sites is 1. The topological polar surface area (TPSA) is 60.0 Å². The third-order valence-electron chi connectivity index (χ3n) is 4.22. The Labute approximate surface area is 172 Å². The SMILES string of the molecule is CCOc1cc(Cl)cc([C@@H](O)c2cccc(OC)c2OC)c1NCC(C)(C)C. The van der Waals surface area contributed by atoms with Crippen LogP contribution in [0.3, 0.4) is 0 Å². The van der Waals surface area contributed by atoms with E-state index in [9.17, 15) is 5.11 Å². The first-order valence-electron chi connectivity index (χ1n) is 9.31. The Kier molecular flexibility index (Phi) is 7.44. The van der Waals surface area contributed by atoms with Crippen LogP contribution in [0.25, 0.3) is 0 Å². The van der Waals surface area contributed by atoms with Crippen LogP contribution in [-0.2, 0) is 0 Å². The average Bonchev–Trinajstić information content (AvgIpc) is 2.64. The summed E-state index contributed by atoms with van der Waals surface area (Å²) < 4.78 is 16.7. The van der Waals surface area contributed by atoms with Crippen molar-refractivity contribution in [3.05, 3.63) is 46.5 Å². The monoisotopic (exact) mass is 407 g/mol. The number of rotatable bonds is 8. The van der Waals surface area contributed by atoms with Gasteiger partial charge < -0.3 is 24.6 Å². The van der Waals surface area contributed by atoms with Crippen molar-refractivity contribution in [1.29, 1.82) is 0 Å². The lowest BCUT2D eigenvalue weighted by Crippen LogP contribution is -2.21. The number of anilines is 1. The van der Waals surface area contributed by atoms with Gasteiger partial charge in [-0.3, -0.25) is 0 Å². The molecule has 2 N–H and O–H groups in total. The Hall–Kier alpha value is -2.11. The van der Waals surface area contributed by atoms with Crippen LogP contribution in [-0.4, -0.2) is 32.5 Å². The quantitative estimate of drug-likeness (QED) is 0.622. The highest BCUT2D eigenvalue weighted by Crippen LogP contribution is 2.43. The predicted molar refractivity (Wildman–Crippen MR) is 114 cm³/mol. The highest BCUT2D eigenvalue weighted by molar-refractivity contribution is 6.31. The number of halogens is 1. The Morgan fingerprint density at radius 1 is 1.07 bits per heavy atom. The van der Waals surface area contributed by atoms with Gasteiger partial charge in [0, 0.05) is 28.8 Å². The minimum atomic E-state index is -0.981. The molecule has 0 fully saturated rings. The van der Waals surface area contributed by atoms with Crippen molar-refractivity contribution in [3.8, 4) is 17.2 Å². The van der Waals surface area contributed by atoms with E-state index in [2.05, 4.69) is 26.1 Å². The van der Waals surface area contributed by atoms with Crippen molar-refractivity contribution in [1.82, 2.24) is 0 Å². The van der Waals surface area contributed by atoms with Gasteiger partial charge in [-0.15, -0.1) is 0 Å². The summed E-state index contributed by atoms with van der Waals surface area (Å²) >= 11 is 6.34. The van der Waals surface area contributed by atoms with Gasteiger partial charge in [-0.05, 0) is 24.5 Å². The van der Waals surface area contributed by atoms with Gasteiger partial charge in [0.25, 0.3) is 0 Å². The summed E-state index contributed by atoms with van der Waals surface area (Å²) in [5, 5.41) is 15.2. The van der Waals surface area contributed by atoms with E-state index in [1.54, 1.807) is 38.5 Å². The number of benzene rings is 2. The number of methoxy groups -OCH3 is 2. The number of hydrogen-bond donors (Lipinski definition) is 2. The summed E-state index contributed by atoms with van der Waals surface area (Å²) in [6, 6.07) is 8.92. The average molecular weight is 408 g/mol. The van der Waals surface area contributed by atoms with Crippen molar-refractivity contribution in [2.24, 2.45) is 5.41 Å². The third kappa shape index (κ3) is 5.24. The van der Waals surface area contributed by atoms with Gasteiger partial charge in [-0.2, -0.15) is 0 Å². The number of aliphatic hydroxyl groups is 1. The third-order valence-corrected chi connectivity index (χ3v) is 4.43. The highest BCUT2D eigenvalue weighted by Gasteiger charge is 2.25. The van der Waals surface area contributed by atoms with Crippen molar-refractivity contribution >= 4 is 17.3 Å². The molecule has 6 heteroatoms. The maximum absolute atomic E-state index is 11.3. The van der Waals surface area contributed by atoms with Gasteiger partial charge in [0.2, 0.25) is 0 Å². The normalized spacial score (nSPS) is 12.4. The zero-order valence-electron chi connectivity index (χ0n) is 17.4. The standard InChI is InChI=1S/C22H30ClNO4/c1-7-28-18-12-14(23)11-16(19(18)24-13-22(2,3)4)20(25)15-9-8-10-17(26-5)21(15)27-6/h8-12,20,24-25H,7,13H2,1-6H3/t20-/m0/s1. The van der Waals surface area contributed by atoms with Gasteiger partial charge in [-0.25, -0.2) is 0 Å². The van der Waals surface area contributed by atoms with Gasteiger partial charge in [0.05, 0.1) is 26.5 Å². The van der Waals surface area contributed by atoms with Crippen molar-refractivity contribution in [2.45, 2.75) is 33.8 Å². The molecule has 0 heterocycles. The molecule has 5 nitrogen and oxygen atoms in total. The molecule has 28 heavy (non-hydrogen) atoms. The van der Waals surface area contributed by atoms with Crippen LogP contribution in [0.15, 0.2) is 30.3 Å². The van der Waals surface area contributed by atoms with E-state index in [0.717, 1.165) is 5.69 Å². The Morgan fingerprint density at radius 3 is 2.36 bits per heavy atom.